The van der Waals surface area contributed by atoms with Crippen molar-refractivity contribution in [2.45, 2.75) is 19.3 Å². The van der Waals surface area contributed by atoms with Crippen LogP contribution in [0.1, 0.15) is 30.4 Å². The average Bonchev–Trinajstić information content (AvgIpc) is 3.02. The fourth-order valence-corrected chi connectivity index (χ4v) is 2.83. The Labute approximate surface area is 135 Å². The Morgan fingerprint density at radius 3 is 2.48 bits per heavy atom. The molecule has 1 aliphatic rings. The molecule has 1 heterocycles. The normalized spacial score (nSPS) is 13.8. The van der Waals surface area contributed by atoms with Gasteiger partial charge in [-0.25, -0.2) is 0 Å². The van der Waals surface area contributed by atoms with E-state index in [-0.39, 0.29) is 31.7 Å². The molecule has 5 heteroatoms. The molecule has 2 aromatic rings. The van der Waals surface area contributed by atoms with Crippen molar-refractivity contribution in [2.75, 3.05) is 20.0 Å². The summed E-state index contributed by atoms with van der Waals surface area (Å²) in [5, 5.41) is 18.5. The number of benzene rings is 2. The number of fused-ring (bicyclic) bond motifs is 1. The van der Waals surface area contributed by atoms with Crippen molar-refractivity contribution in [1.82, 2.24) is 0 Å². The summed E-state index contributed by atoms with van der Waals surface area (Å²) in [7, 11) is 0. The first-order chi connectivity index (χ1) is 11.2. The van der Waals surface area contributed by atoms with Crippen molar-refractivity contribution in [2.24, 2.45) is 0 Å². The Balaban J connectivity index is 2.02. The maximum atomic E-state index is 9.49. The molecule has 0 unspecified atom stereocenters. The van der Waals surface area contributed by atoms with Gasteiger partial charge in [0, 0.05) is 17.5 Å². The molecule has 2 aromatic carbocycles. The van der Waals surface area contributed by atoms with Gasteiger partial charge in [0.2, 0.25) is 6.79 Å². The highest BCUT2D eigenvalue weighted by atomic mass is 16.7. The first-order valence-electron chi connectivity index (χ1n) is 7.69. The SMILES string of the molecule is CC[C@H](c1ccc(O)cc1)c1cc2c(cc1OCCO)OCO2. The van der Waals surface area contributed by atoms with Crippen LogP contribution in [0, 0.1) is 0 Å². The minimum Gasteiger partial charge on any atom is -0.508 e. The predicted octanol–water partition coefficient (Wildman–Crippen LogP) is 3.03. The fraction of sp³-hybridized carbons (Fsp3) is 0.333. The van der Waals surface area contributed by atoms with E-state index in [0.717, 1.165) is 17.5 Å². The Bertz CT molecular complexity index is 666. The van der Waals surface area contributed by atoms with Gasteiger partial charge in [0.05, 0.1) is 6.61 Å². The van der Waals surface area contributed by atoms with Crippen LogP contribution in [-0.4, -0.2) is 30.2 Å². The highest BCUT2D eigenvalue weighted by molar-refractivity contribution is 5.55. The van der Waals surface area contributed by atoms with Crippen LogP contribution in [0.15, 0.2) is 36.4 Å². The van der Waals surface area contributed by atoms with Crippen LogP contribution in [0.3, 0.4) is 0 Å². The van der Waals surface area contributed by atoms with Crippen LogP contribution in [-0.2, 0) is 0 Å². The third-order valence-electron chi connectivity index (χ3n) is 3.93. The Morgan fingerprint density at radius 1 is 1.13 bits per heavy atom. The third kappa shape index (κ3) is 3.19. The number of rotatable bonds is 6. The molecule has 1 atom stereocenters. The summed E-state index contributed by atoms with van der Waals surface area (Å²) in [6.07, 6.45) is 0.861. The lowest BCUT2D eigenvalue weighted by molar-refractivity contribution is 0.173. The van der Waals surface area contributed by atoms with E-state index in [1.807, 2.05) is 24.3 Å². The predicted molar refractivity (Wildman–Crippen MR) is 85.4 cm³/mol. The van der Waals surface area contributed by atoms with E-state index in [9.17, 15) is 5.11 Å². The molecule has 0 fully saturated rings. The van der Waals surface area contributed by atoms with Crippen LogP contribution >= 0.6 is 0 Å². The molecule has 2 N–H and O–H groups in total. The van der Waals surface area contributed by atoms with Gasteiger partial charge in [-0.15, -0.1) is 0 Å². The summed E-state index contributed by atoms with van der Waals surface area (Å²) in [4.78, 5) is 0. The number of phenols is 1. The summed E-state index contributed by atoms with van der Waals surface area (Å²) in [6.45, 7) is 2.47. The highest BCUT2D eigenvalue weighted by Crippen LogP contribution is 2.43. The first-order valence-corrected chi connectivity index (χ1v) is 7.69. The van der Waals surface area contributed by atoms with E-state index in [0.29, 0.717) is 17.2 Å². The van der Waals surface area contributed by atoms with Crippen LogP contribution in [0.25, 0.3) is 0 Å². The summed E-state index contributed by atoms with van der Waals surface area (Å²) in [6, 6.07) is 10.9. The molecule has 0 aromatic heterocycles. The monoisotopic (exact) mass is 316 g/mol. The van der Waals surface area contributed by atoms with Crippen molar-refractivity contribution in [1.29, 1.82) is 0 Å². The highest BCUT2D eigenvalue weighted by Gasteiger charge is 2.23. The van der Waals surface area contributed by atoms with Crippen molar-refractivity contribution in [3.63, 3.8) is 0 Å². The molecule has 122 valence electrons. The molecule has 0 spiro atoms. The Morgan fingerprint density at radius 2 is 1.83 bits per heavy atom. The van der Waals surface area contributed by atoms with Gasteiger partial charge in [0.1, 0.15) is 18.1 Å². The number of aliphatic hydroxyl groups excluding tert-OH is 1. The minimum absolute atomic E-state index is 0.0517. The lowest BCUT2D eigenvalue weighted by Crippen LogP contribution is -2.07. The second-order valence-corrected chi connectivity index (χ2v) is 5.37. The van der Waals surface area contributed by atoms with Crippen molar-refractivity contribution in [3.8, 4) is 23.0 Å². The molecule has 0 radical (unpaired) electrons. The number of ether oxygens (including phenoxy) is 3. The molecule has 0 aliphatic carbocycles. The molecule has 0 saturated carbocycles. The number of hydrogen-bond acceptors (Lipinski definition) is 5. The lowest BCUT2D eigenvalue weighted by Gasteiger charge is -2.20. The Kier molecular flexibility index (Phi) is 4.57. The van der Waals surface area contributed by atoms with Gasteiger partial charge in [-0.1, -0.05) is 19.1 Å². The zero-order valence-corrected chi connectivity index (χ0v) is 13.0. The maximum absolute atomic E-state index is 9.49. The van der Waals surface area contributed by atoms with Crippen LogP contribution in [0.2, 0.25) is 0 Å². The summed E-state index contributed by atoms with van der Waals surface area (Å²) < 4.78 is 16.6. The van der Waals surface area contributed by atoms with Crippen molar-refractivity contribution < 1.29 is 24.4 Å². The molecule has 0 bridgehead atoms. The largest absolute Gasteiger partial charge is 0.508 e. The van der Waals surface area contributed by atoms with E-state index in [4.69, 9.17) is 19.3 Å². The minimum atomic E-state index is -0.0517. The summed E-state index contributed by atoms with van der Waals surface area (Å²) in [5.41, 5.74) is 2.06. The van der Waals surface area contributed by atoms with Crippen LogP contribution in [0.5, 0.6) is 23.0 Å². The lowest BCUT2D eigenvalue weighted by atomic mass is 9.88. The molecule has 3 rings (SSSR count). The summed E-state index contributed by atoms with van der Waals surface area (Å²) >= 11 is 0. The van der Waals surface area contributed by atoms with Gasteiger partial charge < -0.3 is 24.4 Å². The molecule has 1 aliphatic heterocycles. The van der Waals surface area contributed by atoms with E-state index >= 15 is 0 Å². The first kappa shape index (κ1) is 15.5. The number of aromatic hydroxyl groups is 1. The van der Waals surface area contributed by atoms with Crippen LogP contribution in [0.4, 0.5) is 0 Å². The second kappa shape index (κ2) is 6.79. The molecule has 23 heavy (non-hydrogen) atoms. The van der Waals surface area contributed by atoms with E-state index in [2.05, 4.69) is 6.92 Å². The molecule has 0 saturated heterocycles. The second-order valence-electron chi connectivity index (χ2n) is 5.37. The third-order valence-corrected chi connectivity index (χ3v) is 3.93. The van der Waals surface area contributed by atoms with E-state index in [1.54, 1.807) is 12.1 Å². The van der Waals surface area contributed by atoms with E-state index in [1.165, 1.54) is 0 Å². The van der Waals surface area contributed by atoms with Gasteiger partial charge >= 0.3 is 0 Å². The number of hydrogen-bond donors (Lipinski definition) is 2. The van der Waals surface area contributed by atoms with Crippen molar-refractivity contribution >= 4 is 0 Å². The zero-order valence-electron chi connectivity index (χ0n) is 13.0. The van der Waals surface area contributed by atoms with Gasteiger partial charge in [-0.3, -0.25) is 0 Å². The summed E-state index contributed by atoms with van der Waals surface area (Å²) in [5.74, 6) is 2.38. The number of phenolic OH excluding ortho intramolecular Hbond substituents is 1. The zero-order chi connectivity index (χ0) is 16.2. The number of aliphatic hydroxyl groups is 1. The maximum Gasteiger partial charge on any atom is 0.231 e. The fourth-order valence-electron chi connectivity index (χ4n) is 2.83. The van der Waals surface area contributed by atoms with Crippen LogP contribution < -0.4 is 14.2 Å². The average molecular weight is 316 g/mol. The standard InChI is InChI=1S/C18H20O5/c1-2-14(12-3-5-13(20)6-4-12)15-9-17-18(23-11-22-17)10-16(15)21-8-7-19/h3-6,9-10,14,19-20H,2,7-8,11H2,1H3/t14-/m1/s1. The topological polar surface area (TPSA) is 68.2 Å². The van der Waals surface area contributed by atoms with E-state index < -0.39 is 0 Å². The smallest absolute Gasteiger partial charge is 0.231 e. The van der Waals surface area contributed by atoms with Gasteiger partial charge in [-0.2, -0.15) is 0 Å². The molecular formula is C18H20O5. The molecule has 0 amide bonds. The van der Waals surface area contributed by atoms with Gasteiger partial charge in [0.25, 0.3) is 0 Å². The molecule has 5 nitrogen and oxygen atoms in total. The van der Waals surface area contributed by atoms with Gasteiger partial charge in [0.15, 0.2) is 11.5 Å². The quantitative estimate of drug-likeness (QED) is 0.857. The van der Waals surface area contributed by atoms with Gasteiger partial charge in [-0.05, 0) is 30.2 Å². The van der Waals surface area contributed by atoms with Crippen molar-refractivity contribution in [3.05, 3.63) is 47.5 Å². The Hall–Kier alpha value is -2.40. The molecular weight excluding hydrogens is 296 g/mol.